The zero-order valence-corrected chi connectivity index (χ0v) is 9.05. The van der Waals surface area contributed by atoms with Gasteiger partial charge in [0.05, 0.1) is 0 Å². The van der Waals surface area contributed by atoms with Gasteiger partial charge in [-0.1, -0.05) is 0 Å². The van der Waals surface area contributed by atoms with Crippen molar-refractivity contribution in [3.05, 3.63) is 17.5 Å². The summed E-state index contributed by atoms with van der Waals surface area (Å²) in [5, 5.41) is 2.17. The molecule has 0 amide bonds. The summed E-state index contributed by atoms with van der Waals surface area (Å²) >= 11 is 0.494. The van der Waals surface area contributed by atoms with Crippen molar-refractivity contribution in [2.45, 2.75) is 17.3 Å². The van der Waals surface area contributed by atoms with Crippen molar-refractivity contribution >= 4 is 28.3 Å². The fourth-order valence-electron chi connectivity index (χ4n) is 0.705. The van der Waals surface area contributed by atoms with Crippen LogP contribution in [0.25, 0.3) is 0 Å². The molecule has 0 aliphatic heterocycles. The molecule has 0 nitrogen and oxygen atoms in total. The Labute approximate surface area is 63.3 Å². The summed E-state index contributed by atoms with van der Waals surface area (Å²) in [7, 11) is 0. The molecular formula is C7H12GeS. The normalized spacial score (nSPS) is 11.9. The van der Waals surface area contributed by atoms with Crippen LogP contribution in [0, 0.1) is 0 Å². The molecule has 1 rings (SSSR count). The molecule has 1 heterocycles. The molecule has 50 valence electrons. The molecule has 0 unspecified atom stereocenters. The maximum absolute atomic E-state index is 2.42. The maximum atomic E-state index is 2.42. The van der Waals surface area contributed by atoms with Crippen LogP contribution in [0.1, 0.15) is 0 Å². The van der Waals surface area contributed by atoms with Gasteiger partial charge in [0.25, 0.3) is 0 Å². The molecule has 0 spiro atoms. The minimum absolute atomic E-state index is 1.42. The molecule has 0 aliphatic carbocycles. The second kappa shape index (κ2) is 2.47. The molecule has 0 radical (unpaired) electrons. The average Bonchev–Trinajstić information content (AvgIpc) is 2.08. The molecule has 0 saturated heterocycles. The van der Waals surface area contributed by atoms with E-state index in [0.717, 1.165) is 0 Å². The summed E-state index contributed by atoms with van der Waals surface area (Å²) in [5.74, 6) is 7.27. The van der Waals surface area contributed by atoms with Crippen LogP contribution in [0.15, 0.2) is 17.5 Å². The molecular weight excluding hydrogens is 189 g/mol. The van der Waals surface area contributed by atoms with E-state index in [1.54, 1.807) is 3.71 Å². The van der Waals surface area contributed by atoms with Crippen molar-refractivity contribution in [2.75, 3.05) is 0 Å². The van der Waals surface area contributed by atoms with Crippen LogP contribution < -0.4 is 3.71 Å². The quantitative estimate of drug-likeness (QED) is 0.611. The van der Waals surface area contributed by atoms with E-state index >= 15 is 0 Å². The van der Waals surface area contributed by atoms with Gasteiger partial charge in [-0.25, -0.2) is 0 Å². The Kier molecular flexibility index (Phi) is 2.01. The summed E-state index contributed by atoms with van der Waals surface area (Å²) in [6, 6.07) is 4.42. The standard InChI is InChI=1S/C7H12GeS/c1-8(2,3)7-5-4-6-9-7/h4-6H,1-3H3. The SMILES string of the molecule is [CH3][Ge]([CH3])([CH3])[c]1cccs1. The third kappa shape index (κ3) is 1.83. The topological polar surface area (TPSA) is 0 Å². The summed E-state index contributed by atoms with van der Waals surface area (Å²) in [5.41, 5.74) is 0. The van der Waals surface area contributed by atoms with Gasteiger partial charge in [0.15, 0.2) is 0 Å². The van der Waals surface area contributed by atoms with Crippen LogP contribution in [0.3, 0.4) is 0 Å². The van der Waals surface area contributed by atoms with E-state index in [2.05, 4.69) is 34.8 Å². The van der Waals surface area contributed by atoms with E-state index in [0.29, 0.717) is 0 Å². The van der Waals surface area contributed by atoms with Crippen molar-refractivity contribution in [1.82, 2.24) is 0 Å². The monoisotopic (exact) mass is 202 g/mol. The third-order valence-electron chi connectivity index (χ3n) is 1.26. The van der Waals surface area contributed by atoms with Crippen molar-refractivity contribution in [3.63, 3.8) is 0 Å². The van der Waals surface area contributed by atoms with E-state index < -0.39 is 13.3 Å². The molecule has 1 aromatic heterocycles. The predicted octanol–water partition coefficient (Wildman–Crippen LogP) is 2.29. The number of rotatable bonds is 1. The predicted molar refractivity (Wildman–Crippen MR) is 47.3 cm³/mol. The van der Waals surface area contributed by atoms with E-state index in [4.69, 9.17) is 0 Å². The first kappa shape index (κ1) is 7.35. The van der Waals surface area contributed by atoms with Crippen molar-refractivity contribution < 1.29 is 0 Å². The zero-order chi connectivity index (χ0) is 6.91. The molecule has 0 saturated carbocycles. The number of hydrogen-bond acceptors (Lipinski definition) is 1. The van der Waals surface area contributed by atoms with Gasteiger partial charge >= 0.3 is 63.1 Å². The Morgan fingerprint density at radius 1 is 1.33 bits per heavy atom. The summed E-state index contributed by atoms with van der Waals surface area (Å²) in [6.45, 7) is 0. The van der Waals surface area contributed by atoms with Crippen molar-refractivity contribution in [1.29, 1.82) is 0 Å². The van der Waals surface area contributed by atoms with Crippen molar-refractivity contribution in [2.24, 2.45) is 0 Å². The van der Waals surface area contributed by atoms with Gasteiger partial charge in [0.2, 0.25) is 0 Å². The van der Waals surface area contributed by atoms with Gasteiger partial charge in [-0.15, -0.1) is 0 Å². The van der Waals surface area contributed by atoms with Gasteiger partial charge in [0.1, 0.15) is 0 Å². The van der Waals surface area contributed by atoms with E-state index in [1.807, 2.05) is 11.3 Å². The van der Waals surface area contributed by atoms with E-state index in [-0.39, 0.29) is 0 Å². The molecule has 1 aromatic rings. The first-order valence-electron chi connectivity index (χ1n) is 3.15. The summed E-state index contributed by atoms with van der Waals surface area (Å²) in [4.78, 5) is 0. The van der Waals surface area contributed by atoms with Gasteiger partial charge in [-0.05, 0) is 0 Å². The molecule has 0 bridgehead atoms. The minimum atomic E-state index is -1.42. The molecule has 2 heteroatoms. The Morgan fingerprint density at radius 3 is 2.22 bits per heavy atom. The average molecular weight is 201 g/mol. The van der Waals surface area contributed by atoms with Crippen LogP contribution in [0.2, 0.25) is 17.3 Å². The summed E-state index contributed by atoms with van der Waals surface area (Å²) in [6.07, 6.45) is 0. The Morgan fingerprint density at radius 2 is 2.00 bits per heavy atom. The van der Waals surface area contributed by atoms with Crippen molar-refractivity contribution in [3.8, 4) is 0 Å². The number of thiophene rings is 1. The first-order valence-corrected chi connectivity index (χ1v) is 11.4. The zero-order valence-electron chi connectivity index (χ0n) is 6.14. The van der Waals surface area contributed by atoms with E-state index in [1.165, 1.54) is 0 Å². The molecule has 0 atom stereocenters. The molecule has 0 fully saturated rings. The van der Waals surface area contributed by atoms with Crippen LogP contribution in [-0.4, -0.2) is 13.3 Å². The third-order valence-corrected chi connectivity index (χ3v) is 9.32. The van der Waals surface area contributed by atoms with Gasteiger partial charge < -0.3 is 0 Å². The fraction of sp³-hybridized carbons (Fsp3) is 0.429. The Balaban J connectivity index is 2.90. The van der Waals surface area contributed by atoms with Crippen LogP contribution in [0.5, 0.6) is 0 Å². The molecule has 0 aromatic carbocycles. The molecule has 0 aliphatic rings. The summed E-state index contributed by atoms with van der Waals surface area (Å²) < 4.78 is 1.65. The fourth-order valence-corrected chi connectivity index (χ4v) is 5.42. The Hall–Kier alpha value is 0.243. The van der Waals surface area contributed by atoms with Gasteiger partial charge in [-0.3, -0.25) is 0 Å². The second-order valence-corrected chi connectivity index (χ2v) is 15.5. The van der Waals surface area contributed by atoms with E-state index in [9.17, 15) is 0 Å². The Bertz CT molecular complexity index is 171. The first-order chi connectivity index (χ1) is 4.11. The molecule has 0 N–H and O–H groups in total. The van der Waals surface area contributed by atoms with Crippen LogP contribution in [-0.2, 0) is 0 Å². The van der Waals surface area contributed by atoms with Crippen LogP contribution in [0.4, 0.5) is 0 Å². The molecule has 9 heavy (non-hydrogen) atoms. The van der Waals surface area contributed by atoms with Gasteiger partial charge in [0, 0.05) is 0 Å². The number of hydrogen-bond donors (Lipinski definition) is 0. The van der Waals surface area contributed by atoms with Gasteiger partial charge in [-0.2, -0.15) is 0 Å². The second-order valence-electron chi connectivity index (χ2n) is 3.23. The van der Waals surface area contributed by atoms with Crippen LogP contribution >= 0.6 is 11.3 Å².